The Kier molecular flexibility index (Phi) is 4.80. The summed E-state index contributed by atoms with van der Waals surface area (Å²) in [4.78, 5) is 14.3. The summed E-state index contributed by atoms with van der Waals surface area (Å²) in [6, 6.07) is 7.34. The molecule has 0 aliphatic carbocycles. The van der Waals surface area contributed by atoms with Crippen LogP contribution in [-0.2, 0) is 9.53 Å². The SMILES string of the molecule is COC(=O)C(c1cccc(OC)c1)N1CCCCC1. The van der Waals surface area contributed by atoms with E-state index in [1.165, 1.54) is 13.5 Å². The van der Waals surface area contributed by atoms with Crippen LogP contribution in [0, 0.1) is 0 Å². The molecule has 0 radical (unpaired) electrons. The predicted octanol–water partition coefficient (Wildman–Crippen LogP) is 2.40. The van der Waals surface area contributed by atoms with Gasteiger partial charge in [-0.2, -0.15) is 0 Å². The molecule has 1 aliphatic rings. The van der Waals surface area contributed by atoms with Crippen molar-refractivity contribution in [2.45, 2.75) is 25.3 Å². The lowest BCUT2D eigenvalue weighted by molar-refractivity contribution is -0.147. The van der Waals surface area contributed by atoms with Crippen molar-refractivity contribution in [2.75, 3.05) is 27.3 Å². The van der Waals surface area contributed by atoms with Gasteiger partial charge in [0.05, 0.1) is 14.2 Å². The summed E-state index contributed by atoms with van der Waals surface area (Å²) >= 11 is 0. The average molecular weight is 263 g/mol. The third-order valence-corrected chi connectivity index (χ3v) is 3.59. The van der Waals surface area contributed by atoms with E-state index in [1.807, 2.05) is 24.3 Å². The highest BCUT2D eigenvalue weighted by Gasteiger charge is 2.29. The Hall–Kier alpha value is -1.55. The largest absolute Gasteiger partial charge is 0.497 e. The molecule has 1 aromatic rings. The average Bonchev–Trinajstić information content (AvgIpc) is 2.48. The van der Waals surface area contributed by atoms with E-state index in [2.05, 4.69) is 4.90 Å². The third-order valence-electron chi connectivity index (χ3n) is 3.59. The lowest BCUT2D eigenvalue weighted by atomic mass is 10.0. The highest BCUT2D eigenvalue weighted by atomic mass is 16.5. The number of benzene rings is 1. The minimum atomic E-state index is -0.319. The summed E-state index contributed by atoms with van der Waals surface area (Å²) in [6.07, 6.45) is 3.51. The van der Waals surface area contributed by atoms with Crippen molar-refractivity contribution in [3.8, 4) is 5.75 Å². The van der Waals surface area contributed by atoms with Gasteiger partial charge in [-0.05, 0) is 43.6 Å². The maximum absolute atomic E-state index is 12.1. The van der Waals surface area contributed by atoms with E-state index in [0.29, 0.717) is 0 Å². The van der Waals surface area contributed by atoms with Gasteiger partial charge in [0.25, 0.3) is 0 Å². The molecule has 1 fully saturated rings. The van der Waals surface area contributed by atoms with E-state index < -0.39 is 0 Å². The first-order valence-corrected chi connectivity index (χ1v) is 6.72. The number of methoxy groups -OCH3 is 2. The maximum Gasteiger partial charge on any atom is 0.327 e. The Morgan fingerprint density at radius 1 is 1.21 bits per heavy atom. The third kappa shape index (κ3) is 3.26. The second-order valence-electron chi connectivity index (χ2n) is 4.80. The smallest absolute Gasteiger partial charge is 0.327 e. The highest BCUT2D eigenvalue weighted by Crippen LogP contribution is 2.28. The molecule has 1 aromatic carbocycles. The molecule has 1 heterocycles. The lowest BCUT2D eigenvalue weighted by Gasteiger charge is -2.33. The second-order valence-corrected chi connectivity index (χ2v) is 4.80. The molecule has 4 heteroatoms. The number of esters is 1. The second kappa shape index (κ2) is 6.57. The van der Waals surface area contributed by atoms with E-state index in [-0.39, 0.29) is 12.0 Å². The molecule has 1 aliphatic heterocycles. The molecule has 4 nitrogen and oxygen atoms in total. The van der Waals surface area contributed by atoms with Crippen LogP contribution < -0.4 is 4.74 Å². The normalized spacial score (nSPS) is 17.8. The number of carbonyl (C=O) groups excluding carboxylic acids is 1. The van der Waals surface area contributed by atoms with Crippen molar-refractivity contribution >= 4 is 5.97 Å². The molecule has 0 aromatic heterocycles. The maximum atomic E-state index is 12.1. The zero-order chi connectivity index (χ0) is 13.7. The van der Waals surface area contributed by atoms with Crippen molar-refractivity contribution in [3.63, 3.8) is 0 Å². The Morgan fingerprint density at radius 3 is 2.58 bits per heavy atom. The Bertz CT molecular complexity index is 427. The summed E-state index contributed by atoms with van der Waals surface area (Å²) in [6.45, 7) is 1.88. The number of likely N-dealkylation sites (tertiary alicyclic amines) is 1. The molecule has 1 atom stereocenters. The quantitative estimate of drug-likeness (QED) is 0.782. The van der Waals surface area contributed by atoms with Crippen LogP contribution in [0.2, 0.25) is 0 Å². The van der Waals surface area contributed by atoms with Crippen LogP contribution in [0.25, 0.3) is 0 Å². The van der Waals surface area contributed by atoms with Crippen molar-refractivity contribution in [3.05, 3.63) is 29.8 Å². The standard InChI is InChI=1S/C15H21NO3/c1-18-13-8-6-7-12(11-13)14(15(17)19-2)16-9-4-3-5-10-16/h6-8,11,14H,3-5,9-10H2,1-2H3. The van der Waals surface area contributed by atoms with Gasteiger partial charge in [0.1, 0.15) is 11.8 Å². The Labute approximate surface area is 114 Å². The molecule has 2 rings (SSSR count). The van der Waals surface area contributed by atoms with Gasteiger partial charge in [-0.3, -0.25) is 4.90 Å². The van der Waals surface area contributed by atoms with Crippen LogP contribution in [0.3, 0.4) is 0 Å². The summed E-state index contributed by atoms with van der Waals surface area (Å²) in [5.74, 6) is 0.568. The molecule has 0 bridgehead atoms. The van der Waals surface area contributed by atoms with Crippen molar-refractivity contribution in [1.82, 2.24) is 4.90 Å². The van der Waals surface area contributed by atoms with Gasteiger partial charge >= 0.3 is 5.97 Å². The number of carbonyl (C=O) groups is 1. The summed E-state index contributed by atoms with van der Waals surface area (Å²) < 4.78 is 10.2. The topological polar surface area (TPSA) is 38.8 Å². The molecule has 0 spiro atoms. The molecule has 19 heavy (non-hydrogen) atoms. The molecular formula is C15H21NO3. The number of nitrogens with zero attached hydrogens (tertiary/aromatic N) is 1. The predicted molar refractivity (Wildman–Crippen MR) is 73.2 cm³/mol. The van der Waals surface area contributed by atoms with Gasteiger partial charge in [0.15, 0.2) is 0 Å². The van der Waals surface area contributed by atoms with Crippen LogP contribution in [0.15, 0.2) is 24.3 Å². The molecule has 0 amide bonds. The molecule has 1 unspecified atom stereocenters. The number of rotatable bonds is 4. The molecule has 0 saturated carbocycles. The van der Waals surface area contributed by atoms with Crippen molar-refractivity contribution < 1.29 is 14.3 Å². The fourth-order valence-electron chi connectivity index (χ4n) is 2.60. The van der Waals surface area contributed by atoms with E-state index in [9.17, 15) is 4.79 Å². The molecule has 1 saturated heterocycles. The van der Waals surface area contributed by atoms with Crippen LogP contribution in [-0.4, -0.2) is 38.2 Å². The molecule has 0 N–H and O–H groups in total. The Balaban J connectivity index is 2.27. The summed E-state index contributed by atoms with van der Waals surface area (Å²) in [5, 5.41) is 0. The van der Waals surface area contributed by atoms with E-state index in [1.54, 1.807) is 7.11 Å². The fourth-order valence-corrected chi connectivity index (χ4v) is 2.60. The molecular weight excluding hydrogens is 242 g/mol. The number of piperidine rings is 1. The van der Waals surface area contributed by atoms with Crippen LogP contribution in [0.4, 0.5) is 0 Å². The first kappa shape index (κ1) is 13.9. The first-order chi connectivity index (χ1) is 9.26. The fraction of sp³-hybridized carbons (Fsp3) is 0.533. The number of hydrogen-bond acceptors (Lipinski definition) is 4. The zero-order valence-corrected chi connectivity index (χ0v) is 11.6. The van der Waals surface area contributed by atoms with Gasteiger partial charge in [-0.15, -0.1) is 0 Å². The van der Waals surface area contributed by atoms with E-state index in [0.717, 1.165) is 37.2 Å². The number of hydrogen-bond donors (Lipinski definition) is 0. The zero-order valence-electron chi connectivity index (χ0n) is 11.6. The van der Waals surface area contributed by atoms with Gasteiger partial charge in [0, 0.05) is 0 Å². The van der Waals surface area contributed by atoms with Gasteiger partial charge in [0.2, 0.25) is 0 Å². The minimum absolute atomic E-state index is 0.199. The monoisotopic (exact) mass is 263 g/mol. The van der Waals surface area contributed by atoms with Gasteiger partial charge in [-0.25, -0.2) is 4.79 Å². The highest BCUT2D eigenvalue weighted by molar-refractivity contribution is 5.77. The summed E-state index contributed by atoms with van der Waals surface area (Å²) in [5.41, 5.74) is 0.938. The molecule has 104 valence electrons. The van der Waals surface area contributed by atoms with Crippen molar-refractivity contribution in [1.29, 1.82) is 0 Å². The van der Waals surface area contributed by atoms with E-state index >= 15 is 0 Å². The first-order valence-electron chi connectivity index (χ1n) is 6.72. The van der Waals surface area contributed by atoms with E-state index in [4.69, 9.17) is 9.47 Å². The van der Waals surface area contributed by atoms with Crippen molar-refractivity contribution in [2.24, 2.45) is 0 Å². The van der Waals surface area contributed by atoms with Gasteiger partial charge in [-0.1, -0.05) is 18.6 Å². The van der Waals surface area contributed by atoms with Crippen LogP contribution in [0.5, 0.6) is 5.75 Å². The van der Waals surface area contributed by atoms with Crippen LogP contribution in [0.1, 0.15) is 30.9 Å². The minimum Gasteiger partial charge on any atom is -0.497 e. The van der Waals surface area contributed by atoms with Crippen LogP contribution >= 0.6 is 0 Å². The Morgan fingerprint density at radius 2 is 1.95 bits per heavy atom. The number of ether oxygens (including phenoxy) is 2. The lowest BCUT2D eigenvalue weighted by Crippen LogP contribution is -2.38. The van der Waals surface area contributed by atoms with Gasteiger partial charge < -0.3 is 9.47 Å². The summed E-state index contributed by atoms with van der Waals surface area (Å²) in [7, 11) is 3.08.